The van der Waals surface area contributed by atoms with Crippen molar-refractivity contribution in [2.75, 3.05) is 26.3 Å². The Labute approximate surface area is 55.6 Å². The van der Waals surface area contributed by atoms with Crippen LogP contribution < -0.4 is 5.32 Å². The Morgan fingerprint density at radius 3 is 2.56 bits per heavy atom. The second kappa shape index (κ2) is 2.27. The summed E-state index contributed by atoms with van der Waals surface area (Å²) >= 11 is 0. The van der Waals surface area contributed by atoms with Gasteiger partial charge in [0.05, 0.1) is 13.2 Å². The smallest absolute Gasteiger partial charge is 0.0519 e. The van der Waals surface area contributed by atoms with Crippen LogP contribution in [0.5, 0.6) is 0 Å². The molecular formula is C7H13NO. The van der Waals surface area contributed by atoms with Gasteiger partial charge in [-0.3, -0.25) is 0 Å². The third-order valence-corrected chi connectivity index (χ3v) is 2.43. The highest BCUT2D eigenvalue weighted by atomic mass is 16.5. The van der Waals surface area contributed by atoms with Crippen LogP contribution in [-0.4, -0.2) is 26.3 Å². The first-order valence-corrected chi connectivity index (χ1v) is 3.75. The number of hydrogen-bond acceptors (Lipinski definition) is 2. The first kappa shape index (κ1) is 5.69. The molecule has 2 nitrogen and oxygen atoms in total. The third-order valence-electron chi connectivity index (χ3n) is 2.43. The van der Waals surface area contributed by atoms with Crippen LogP contribution >= 0.6 is 0 Å². The summed E-state index contributed by atoms with van der Waals surface area (Å²) in [4.78, 5) is 0. The third kappa shape index (κ3) is 0.970. The Morgan fingerprint density at radius 2 is 2.11 bits per heavy atom. The average Bonchev–Trinajstić information content (AvgIpc) is 2.11. The first-order chi connectivity index (χ1) is 4.47. The first-order valence-electron chi connectivity index (χ1n) is 3.75. The van der Waals surface area contributed by atoms with Crippen molar-refractivity contribution in [3.05, 3.63) is 0 Å². The minimum absolute atomic E-state index is 0.889. The molecular weight excluding hydrogens is 114 g/mol. The van der Waals surface area contributed by atoms with Crippen LogP contribution in [0.4, 0.5) is 0 Å². The Hall–Kier alpha value is -0.0800. The highest BCUT2D eigenvalue weighted by Gasteiger charge is 2.29. The molecule has 1 N–H and O–H groups in total. The average molecular weight is 127 g/mol. The molecule has 0 aromatic rings. The lowest BCUT2D eigenvalue weighted by Gasteiger charge is -2.30. The van der Waals surface area contributed by atoms with Gasteiger partial charge in [-0.05, 0) is 25.4 Å². The Balaban J connectivity index is 1.82. The van der Waals surface area contributed by atoms with Gasteiger partial charge < -0.3 is 10.1 Å². The zero-order valence-corrected chi connectivity index (χ0v) is 5.60. The van der Waals surface area contributed by atoms with E-state index in [4.69, 9.17) is 4.74 Å². The fraction of sp³-hybridized carbons (Fsp3) is 1.00. The second-order valence-electron chi connectivity index (χ2n) is 3.05. The van der Waals surface area contributed by atoms with Crippen molar-refractivity contribution in [2.45, 2.75) is 6.42 Å². The van der Waals surface area contributed by atoms with Crippen molar-refractivity contribution in [2.24, 2.45) is 11.8 Å². The molecule has 0 bridgehead atoms. The van der Waals surface area contributed by atoms with Gasteiger partial charge in [0.25, 0.3) is 0 Å². The molecule has 2 aliphatic rings. The van der Waals surface area contributed by atoms with Crippen LogP contribution in [0, 0.1) is 11.8 Å². The maximum atomic E-state index is 5.12. The summed E-state index contributed by atoms with van der Waals surface area (Å²) < 4.78 is 5.12. The highest BCUT2D eigenvalue weighted by Crippen LogP contribution is 2.24. The lowest BCUT2D eigenvalue weighted by atomic mass is 9.90. The van der Waals surface area contributed by atoms with Gasteiger partial charge in [0.15, 0.2) is 0 Å². The molecule has 0 radical (unpaired) electrons. The van der Waals surface area contributed by atoms with E-state index in [-0.39, 0.29) is 0 Å². The highest BCUT2D eigenvalue weighted by molar-refractivity contribution is 4.81. The fourth-order valence-electron chi connectivity index (χ4n) is 1.61. The summed E-state index contributed by atoms with van der Waals surface area (Å²) in [5.41, 5.74) is 0. The topological polar surface area (TPSA) is 21.3 Å². The van der Waals surface area contributed by atoms with Crippen molar-refractivity contribution in [1.82, 2.24) is 5.32 Å². The quantitative estimate of drug-likeness (QED) is 0.545. The van der Waals surface area contributed by atoms with E-state index in [1.165, 1.54) is 19.5 Å². The van der Waals surface area contributed by atoms with E-state index in [1.54, 1.807) is 0 Å². The number of rotatable bonds is 1. The molecule has 0 amide bonds. The molecule has 0 saturated carbocycles. The van der Waals surface area contributed by atoms with E-state index in [9.17, 15) is 0 Å². The van der Waals surface area contributed by atoms with Crippen LogP contribution in [0.3, 0.4) is 0 Å². The lowest BCUT2D eigenvalue weighted by Crippen LogP contribution is -2.35. The molecule has 2 aliphatic heterocycles. The van der Waals surface area contributed by atoms with Gasteiger partial charge in [0.1, 0.15) is 0 Å². The van der Waals surface area contributed by atoms with E-state index in [2.05, 4.69) is 5.32 Å². The number of nitrogens with one attached hydrogen (secondary N) is 1. The molecule has 1 unspecified atom stereocenters. The maximum Gasteiger partial charge on any atom is 0.0519 e. The van der Waals surface area contributed by atoms with Gasteiger partial charge in [0, 0.05) is 5.92 Å². The van der Waals surface area contributed by atoms with Gasteiger partial charge in [-0.2, -0.15) is 0 Å². The summed E-state index contributed by atoms with van der Waals surface area (Å²) in [5, 5.41) is 3.37. The largest absolute Gasteiger partial charge is 0.381 e. The molecule has 2 fully saturated rings. The van der Waals surface area contributed by atoms with Gasteiger partial charge >= 0.3 is 0 Å². The molecule has 0 aromatic heterocycles. The van der Waals surface area contributed by atoms with E-state index in [0.29, 0.717) is 0 Å². The predicted octanol–water partition coefficient (Wildman–Crippen LogP) is 0.242. The van der Waals surface area contributed by atoms with Crippen molar-refractivity contribution in [3.8, 4) is 0 Å². The van der Waals surface area contributed by atoms with Crippen molar-refractivity contribution < 1.29 is 4.74 Å². The molecule has 0 spiro atoms. The van der Waals surface area contributed by atoms with Gasteiger partial charge in [-0.1, -0.05) is 0 Å². The lowest BCUT2D eigenvalue weighted by molar-refractivity contribution is -0.0566. The molecule has 1 atom stereocenters. The van der Waals surface area contributed by atoms with Crippen molar-refractivity contribution >= 4 is 0 Å². The molecule has 0 aromatic carbocycles. The molecule has 2 heterocycles. The summed E-state index contributed by atoms with van der Waals surface area (Å²) in [6.45, 7) is 4.49. The van der Waals surface area contributed by atoms with Crippen LogP contribution in [0.15, 0.2) is 0 Å². The minimum atomic E-state index is 0.889. The molecule has 0 aliphatic carbocycles. The Kier molecular flexibility index (Phi) is 1.44. The summed E-state index contributed by atoms with van der Waals surface area (Å²) in [7, 11) is 0. The zero-order valence-electron chi connectivity index (χ0n) is 5.60. The molecule has 2 heteroatoms. The predicted molar refractivity (Wildman–Crippen MR) is 35.3 cm³/mol. The molecule has 2 rings (SSSR count). The van der Waals surface area contributed by atoms with Gasteiger partial charge in [0.2, 0.25) is 0 Å². The monoisotopic (exact) mass is 127 g/mol. The Morgan fingerprint density at radius 1 is 1.22 bits per heavy atom. The second-order valence-corrected chi connectivity index (χ2v) is 3.05. The normalized spacial score (nSPS) is 36.7. The van der Waals surface area contributed by atoms with Gasteiger partial charge in [-0.15, -0.1) is 0 Å². The molecule has 52 valence electrons. The number of hydrogen-bond donors (Lipinski definition) is 1. The zero-order chi connectivity index (χ0) is 6.10. The molecule has 9 heavy (non-hydrogen) atoms. The van der Waals surface area contributed by atoms with Crippen molar-refractivity contribution in [1.29, 1.82) is 0 Å². The van der Waals surface area contributed by atoms with Crippen LogP contribution in [0.1, 0.15) is 6.42 Å². The van der Waals surface area contributed by atoms with Crippen LogP contribution in [-0.2, 0) is 4.74 Å². The summed E-state index contributed by atoms with van der Waals surface area (Å²) in [5.74, 6) is 1.82. The van der Waals surface area contributed by atoms with Gasteiger partial charge in [-0.25, -0.2) is 0 Å². The van der Waals surface area contributed by atoms with E-state index in [1.807, 2.05) is 0 Å². The SMILES string of the molecule is C1CC(C2COC2)CN1. The van der Waals surface area contributed by atoms with Crippen LogP contribution in [0.25, 0.3) is 0 Å². The summed E-state index contributed by atoms with van der Waals surface area (Å²) in [6, 6.07) is 0. The minimum Gasteiger partial charge on any atom is -0.381 e. The Bertz CT molecular complexity index is 95.1. The maximum absolute atomic E-state index is 5.12. The van der Waals surface area contributed by atoms with E-state index in [0.717, 1.165) is 25.0 Å². The standard InChI is InChI=1S/C7H13NO/c1-2-8-3-6(1)7-4-9-5-7/h6-8H,1-5H2. The summed E-state index contributed by atoms with van der Waals surface area (Å²) in [6.07, 6.45) is 1.37. The van der Waals surface area contributed by atoms with Crippen LogP contribution in [0.2, 0.25) is 0 Å². The van der Waals surface area contributed by atoms with Crippen molar-refractivity contribution in [3.63, 3.8) is 0 Å². The number of ether oxygens (including phenoxy) is 1. The van der Waals surface area contributed by atoms with E-state index >= 15 is 0 Å². The molecule has 2 saturated heterocycles. The van der Waals surface area contributed by atoms with E-state index < -0.39 is 0 Å². The fourth-order valence-corrected chi connectivity index (χ4v) is 1.61.